The molecule has 0 spiro atoms. The number of anilines is 1. The molecule has 35 heavy (non-hydrogen) atoms. The molecule has 0 aliphatic carbocycles. The van der Waals surface area contributed by atoms with E-state index in [1.165, 1.54) is 5.56 Å². The minimum absolute atomic E-state index is 0.166. The number of carbonyl (C=O) groups is 2. The van der Waals surface area contributed by atoms with E-state index in [-0.39, 0.29) is 17.9 Å². The van der Waals surface area contributed by atoms with Crippen LogP contribution in [-0.2, 0) is 9.53 Å². The zero-order valence-electron chi connectivity index (χ0n) is 20.2. The van der Waals surface area contributed by atoms with Crippen LogP contribution in [0.2, 0.25) is 0 Å². The fourth-order valence-electron chi connectivity index (χ4n) is 5.55. The van der Waals surface area contributed by atoms with Crippen LogP contribution in [0.3, 0.4) is 0 Å². The highest BCUT2D eigenvalue weighted by atomic mass is 16.5. The van der Waals surface area contributed by atoms with Gasteiger partial charge >= 0.3 is 5.97 Å². The number of ether oxygens (including phenoxy) is 1. The Labute approximate surface area is 207 Å². The number of ketones is 1. The van der Waals surface area contributed by atoms with Crippen molar-refractivity contribution in [3.8, 4) is 0 Å². The number of fused-ring (bicyclic) bond motifs is 3. The Balaban J connectivity index is 1.31. The average Bonchev–Trinajstić information content (AvgIpc) is 2.89. The van der Waals surface area contributed by atoms with E-state index in [0.717, 1.165) is 42.7 Å². The molecule has 3 aliphatic heterocycles. The third-order valence-electron chi connectivity index (χ3n) is 7.61. The maximum atomic E-state index is 13.5. The summed E-state index contributed by atoms with van der Waals surface area (Å²) >= 11 is 0. The van der Waals surface area contributed by atoms with Crippen LogP contribution >= 0.6 is 0 Å². The van der Waals surface area contributed by atoms with E-state index in [4.69, 9.17) is 4.74 Å². The molecule has 0 saturated carbocycles. The predicted molar refractivity (Wildman–Crippen MR) is 137 cm³/mol. The van der Waals surface area contributed by atoms with Crippen molar-refractivity contribution >= 4 is 17.4 Å². The van der Waals surface area contributed by atoms with Crippen LogP contribution in [0.25, 0.3) is 0 Å². The molecule has 3 fully saturated rings. The molecule has 3 aromatic rings. The first-order valence-electron chi connectivity index (χ1n) is 12.5. The second kappa shape index (κ2) is 10.0. The quantitative estimate of drug-likeness (QED) is 0.280. The maximum absolute atomic E-state index is 13.5. The molecule has 2 atom stereocenters. The third kappa shape index (κ3) is 5.30. The van der Waals surface area contributed by atoms with Gasteiger partial charge in [0.05, 0.1) is 13.1 Å². The van der Waals surface area contributed by atoms with Gasteiger partial charge in [-0.15, -0.1) is 0 Å². The number of quaternary nitrogens is 1. The zero-order valence-corrected chi connectivity index (χ0v) is 20.2. The average molecular weight is 470 g/mol. The smallest absolute Gasteiger partial charge is 0.333 e. The van der Waals surface area contributed by atoms with Gasteiger partial charge in [-0.25, -0.2) is 4.79 Å². The number of carbonyl (C=O) groups excluding carboxylic acids is 2. The predicted octanol–water partition coefficient (Wildman–Crippen LogP) is 5.18. The molecular weight excluding hydrogens is 436 g/mol. The highest BCUT2D eigenvalue weighted by Gasteiger charge is 2.49. The normalized spacial score (nSPS) is 23.9. The van der Waals surface area contributed by atoms with Gasteiger partial charge in [-0.05, 0) is 24.6 Å². The van der Waals surface area contributed by atoms with Crippen LogP contribution in [0, 0.1) is 12.8 Å². The Morgan fingerprint density at radius 1 is 0.914 bits per heavy atom. The van der Waals surface area contributed by atoms with E-state index in [1.807, 2.05) is 91.9 Å². The topological polar surface area (TPSA) is 55.4 Å². The molecule has 0 amide bonds. The Morgan fingerprint density at radius 3 is 2.20 bits per heavy atom. The monoisotopic (exact) mass is 469 g/mol. The number of benzene rings is 3. The summed E-state index contributed by atoms with van der Waals surface area (Å²) in [7, 11) is 0. The first-order valence-corrected chi connectivity index (χ1v) is 12.5. The van der Waals surface area contributed by atoms with Crippen molar-refractivity contribution in [2.24, 2.45) is 5.92 Å². The summed E-state index contributed by atoms with van der Waals surface area (Å²) < 4.78 is 6.93. The molecule has 5 heteroatoms. The molecule has 2 bridgehead atoms. The van der Waals surface area contributed by atoms with E-state index < -0.39 is 6.04 Å². The standard InChI is InChI=1S/C30H33N2O3/c1-22-12-14-26(15-13-22)31-29(25-10-6-3-7-11-25)30(34)35-28-21-32(18-16-24(28)17-19-32)20-27(33)23-8-4-2-5-9-23/h2-15,24,28-29,31H,16-21H2,1H3/q+1/t24?,28-,29?,32?/m0/s1. The van der Waals surface area contributed by atoms with Crippen molar-refractivity contribution in [2.75, 3.05) is 31.5 Å². The van der Waals surface area contributed by atoms with Crippen LogP contribution in [0.4, 0.5) is 5.69 Å². The van der Waals surface area contributed by atoms with Crippen LogP contribution < -0.4 is 5.32 Å². The van der Waals surface area contributed by atoms with Crippen molar-refractivity contribution in [3.63, 3.8) is 0 Å². The summed E-state index contributed by atoms with van der Waals surface area (Å²) in [6.07, 6.45) is 1.81. The molecule has 3 aromatic carbocycles. The number of piperidine rings is 3. The number of Topliss-reactive ketones (excluding diaryl/α,β-unsaturated/α-hetero) is 1. The first kappa shape index (κ1) is 23.3. The molecule has 0 aromatic heterocycles. The molecule has 1 unspecified atom stereocenters. The summed E-state index contributed by atoms with van der Waals surface area (Å²) in [5.74, 6) is 0.267. The largest absolute Gasteiger partial charge is 0.454 e. The van der Waals surface area contributed by atoms with E-state index in [2.05, 4.69) is 5.32 Å². The second-order valence-corrected chi connectivity index (χ2v) is 10.1. The minimum atomic E-state index is -0.589. The summed E-state index contributed by atoms with van der Waals surface area (Å²) in [6, 6.07) is 26.7. The van der Waals surface area contributed by atoms with Crippen LogP contribution in [0.5, 0.6) is 0 Å². The zero-order chi connectivity index (χ0) is 24.3. The fraction of sp³-hybridized carbons (Fsp3) is 0.333. The summed E-state index contributed by atoms with van der Waals surface area (Å²) in [5.41, 5.74) is 3.68. The maximum Gasteiger partial charge on any atom is 0.333 e. The number of nitrogens with one attached hydrogen (secondary N) is 1. The molecular formula is C30H33N2O3+. The molecule has 180 valence electrons. The molecule has 3 saturated heterocycles. The Bertz CT molecular complexity index is 1150. The van der Waals surface area contributed by atoms with Crippen LogP contribution in [-0.4, -0.2) is 48.5 Å². The van der Waals surface area contributed by atoms with Gasteiger partial charge in [0.15, 0.2) is 12.1 Å². The third-order valence-corrected chi connectivity index (χ3v) is 7.61. The van der Waals surface area contributed by atoms with Crippen molar-refractivity contribution < 1.29 is 18.8 Å². The SMILES string of the molecule is Cc1ccc(NC(C(=O)O[C@H]2C[N+]3(CC(=O)c4ccccc4)CCC2CC3)c2ccccc2)cc1. The molecule has 3 aliphatic rings. The first-order chi connectivity index (χ1) is 17.0. The number of nitrogens with zero attached hydrogens (tertiary/aromatic N) is 1. The lowest BCUT2D eigenvalue weighted by Gasteiger charge is -2.51. The van der Waals surface area contributed by atoms with Gasteiger partial charge in [-0.1, -0.05) is 78.4 Å². The number of esters is 1. The lowest BCUT2D eigenvalue weighted by atomic mass is 9.82. The van der Waals surface area contributed by atoms with Gasteiger partial charge in [0.2, 0.25) is 5.78 Å². The summed E-state index contributed by atoms with van der Waals surface area (Å²) in [6.45, 7) is 5.17. The summed E-state index contributed by atoms with van der Waals surface area (Å²) in [4.78, 5) is 26.6. The van der Waals surface area contributed by atoms with Gasteiger partial charge in [0, 0.05) is 30.0 Å². The second-order valence-electron chi connectivity index (χ2n) is 10.1. The fourth-order valence-corrected chi connectivity index (χ4v) is 5.55. The van der Waals surface area contributed by atoms with Crippen LogP contribution in [0.1, 0.15) is 40.4 Å². The molecule has 1 N–H and O–H groups in total. The van der Waals surface area contributed by atoms with Crippen molar-refractivity contribution in [3.05, 3.63) is 102 Å². The van der Waals surface area contributed by atoms with Crippen molar-refractivity contribution in [1.82, 2.24) is 0 Å². The molecule has 0 radical (unpaired) electrons. The lowest BCUT2D eigenvalue weighted by molar-refractivity contribution is -0.938. The molecule has 5 nitrogen and oxygen atoms in total. The highest BCUT2D eigenvalue weighted by Crippen LogP contribution is 2.36. The van der Waals surface area contributed by atoms with Crippen molar-refractivity contribution in [1.29, 1.82) is 0 Å². The van der Waals surface area contributed by atoms with Gasteiger partial charge in [-0.3, -0.25) is 4.79 Å². The number of aryl methyl sites for hydroxylation is 1. The van der Waals surface area contributed by atoms with Gasteiger partial charge in [-0.2, -0.15) is 0 Å². The number of hydrogen-bond acceptors (Lipinski definition) is 4. The Hall–Kier alpha value is -3.44. The highest BCUT2D eigenvalue weighted by molar-refractivity contribution is 5.97. The van der Waals surface area contributed by atoms with Gasteiger partial charge in [0.1, 0.15) is 13.1 Å². The van der Waals surface area contributed by atoms with Gasteiger partial charge in [0.25, 0.3) is 0 Å². The van der Waals surface area contributed by atoms with Crippen molar-refractivity contribution in [2.45, 2.75) is 31.9 Å². The Morgan fingerprint density at radius 2 is 1.54 bits per heavy atom. The molecule has 3 heterocycles. The van der Waals surface area contributed by atoms with E-state index in [1.54, 1.807) is 0 Å². The van der Waals surface area contributed by atoms with Gasteiger partial charge < -0.3 is 14.5 Å². The van der Waals surface area contributed by atoms with E-state index in [9.17, 15) is 9.59 Å². The van der Waals surface area contributed by atoms with E-state index >= 15 is 0 Å². The van der Waals surface area contributed by atoms with Crippen LogP contribution in [0.15, 0.2) is 84.9 Å². The minimum Gasteiger partial charge on any atom is -0.454 e. The Kier molecular flexibility index (Phi) is 6.69. The molecule has 6 rings (SSSR count). The van der Waals surface area contributed by atoms with E-state index in [0.29, 0.717) is 23.5 Å². The summed E-state index contributed by atoms with van der Waals surface area (Å²) in [5, 5.41) is 3.39. The number of rotatable bonds is 8. The lowest BCUT2D eigenvalue weighted by Crippen LogP contribution is -2.65. The number of hydrogen-bond donors (Lipinski definition) is 1.